The predicted octanol–water partition coefficient (Wildman–Crippen LogP) is 2.93. The maximum absolute atomic E-state index is 13.1. The molecule has 160 valence electrons. The third kappa shape index (κ3) is 4.64. The van der Waals surface area contributed by atoms with Crippen LogP contribution in [0.1, 0.15) is 23.6 Å². The van der Waals surface area contributed by atoms with E-state index in [1.54, 1.807) is 29.7 Å². The van der Waals surface area contributed by atoms with E-state index >= 15 is 0 Å². The van der Waals surface area contributed by atoms with Crippen LogP contribution in [0.3, 0.4) is 0 Å². The highest BCUT2D eigenvalue weighted by molar-refractivity contribution is 7.91. The van der Waals surface area contributed by atoms with Gasteiger partial charge in [0.1, 0.15) is 4.21 Å². The summed E-state index contributed by atoms with van der Waals surface area (Å²) in [7, 11) is -3.68. The first-order chi connectivity index (χ1) is 14.4. The van der Waals surface area contributed by atoms with Gasteiger partial charge in [0.2, 0.25) is 17.6 Å². The van der Waals surface area contributed by atoms with Gasteiger partial charge in [-0.3, -0.25) is 4.79 Å². The second kappa shape index (κ2) is 8.96. The SMILES string of the molecule is Cc1nc(-c2csc(S(=O)(=O)N3CCCC(C(=O)NCCc4cccs4)C3)c2)no1. The van der Waals surface area contributed by atoms with Crippen LogP contribution < -0.4 is 5.32 Å². The Hall–Kier alpha value is -2.08. The van der Waals surface area contributed by atoms with Crippen molar-refractivity contribution in [2.75, 3.05) is 19.6 Å². The smallest absolute Gasteiger partial charge is 0.252 e. The van der Waals surface area contributed by atoms with Crippen LogP contribution in [0.2, 0.25) is 0 Å². The zero-order valence-electron chi connectivity index (χ0n) is 16.4. The van der Waals surface area contributed by atoms with E-state index in [4.69, 9.17) is 4.52 Å². The van der Waals surface area contributed by atoms with Gasteiger partial charge in [-0.05, 0) is 36.8 Å². The van der Waals surface area contributed by atoms with Gasteiger partial charge in [-0.2, -0.15) is 9.29 Å². The molecule has 0 aliphatic carbocycles. The summed E-state index contributed by atoms with van der Waals surface area (Å²) in [6.45, 7) is 2.85. The number of aromatic nitrogens is 2. The van der Waals surface area contributed by atoms with Crippen LogP contribution >= 0.6 is 22.7 Å². The Kier molecular flexibility index (Phi) is 6.32. The van der Waals surface area contributed by atoms with Crippen molar-refractivity contribution in [1.82, 2.24) is 19.8 Å². The number of thiophene rings is 2. The molecule has 0 bridgehead atoms. The Morgan fingerprint density at radius 3 is 3.00 bits per heavy atom. The van der Waals surface area contributed by atoms with Gasteiger partial charge in [0.05, 0.1) is 5.92 Å². The quantitative estimate of drug-likeness (QED) is 0.574. The van der Waals surface area contributed by atoms with Gasteiger partial charge in [0.15, 0.2) is 0 Å². The second-order valence-electron chi connectivity index (χ2n) is 7.11. The van der Waals surface area contributed by atoms with E-state index < -0.39 is 10.0 Å². The highest BCUT2D eigenvalue weighted by Crippen LogP contribution is 2.31. The monoisotopic (exact) mass is 466 g/mol. The van der Waals surface area contributed by atoms with Crippen molar-refractivity contribution in [2.45, 2.75) is 30.4 Å². The number of carbonyl (C=O) groups excluding carboxylic acids is 1. The lowest BCUT2D eigenvalue weighted by atomic mass is 9.99. The first kappa shape index (κ1) is 21.2. The average molecular weight is 467 g/mol. The third-order valence-corrected chi connectivity index (χ3v) is 9.18. The molecule has 0 saturated carbocycles. The molecule has 4 rings (SSSR count). The molecule has 0 radical (unpaired) electrons. The number of aryl methyl sites for hydroxylation is 1. The van der Waals surface area contributed by atoms with Crippen molar-refractivity contribution in [3.05, 3.63) is 39.7 Å². The number of piperidine rings is 1. The first-order valence-electron chi connectivity index (χ1n) is 9.63. The molecular weight excluding hydrogens is 444 g/mol. The molecule has 1 fully saturated rings. The van der Waals surface area contributed by atoms with E-state index in [-0.39, 0.29) is 22.6 Å². The van der Waals surface area contributed by atoms with Crippen LogP contribution in [0.15, 0.2) is 37.7 Å². The molecule has 8 nitrogen and oxygen atoms in total. The molecule has 1 aliphatic heterocycles. The van der Waals surface area contributed by atoms with Crippen LogP contribution in [0.5, 0.6) is 0 Å². The van der Waals surface area contributed by atoms with Crippen LogP contribution in [-0.4, -0.2) is 48.4 Å². The predicted molar refractivity (Wildman–Crippen MR) is 115 cm³/mol. The topological polar surface area (TPSA) is 105 Å². The first-order valence-corrected chi connectivity index (χ1v) is 12.8. The Balaban J connectivity index is 1.39. The minimum absolute atomic E-state index is 0.0828. The van der Waals surface area contributed by atoms with Gasteiger partial charge in [-0.25, -0.2) is 8.42 Å². The second-order valence-corrected chi connectivity index (χ2v) is 11.2. The summed E-state index contributed by atoms with van der Waals surface area (Å²) < 4.78 is 32.8. The number of carbonyl (C=O) groups is 1. The Morgan fingerprint density at radius 1 is 1.40 bits per heavy atom. The van der Waals surface area contributed by atoms with Gasteiger partial charge in [-0.15, -0.1) is 22.7 Å². The highest BCUT2D eigenvalue weighted by Gasteiger charge is 2.34. The van der Waals surface area contributed by atoms with Crippen LogP contribution in [0.25, 0.3) is 11.4 Å². The number of rotatable bonds is 7. The zero-order valence-corrected chi connectivity index (χ0v) is 18.9. The fraction of sp³-hybridized carbons (Fsp3) is 0.421. The highest BCUT2D eigenvalue weighted by atomic mass is 32.2. The standard InChI is InChI=1S/C19H22N4O4S3/c1-13-21-18(22-27-13)15-10-17(29-12-15)30(25,26)23-8-2-4-14(11-23)19(24)20-7-6-16-5-3-9-28-16/h3,5,9-10,12,14H,2,4,6-8,11H2,1H3,(H,20,24). The van der Waals surface area contributed by atoms with Crippen molar-refractivity contribution in [2.24, 2.45) is 5.92 Å². The van der Waals surface area contributed by atoms with Crippen molar-refractivity contribution < 1.29 is 17.7 Å². The number of hydrogen-bond donors (Lipinski definition) is 1. The van der Waals surface area contributed by atoms with Gasteiger partial charge >= 0.3 is 0 Å². The maximum atomic E-state index is 13.1. The molecule has 3 aromatic rings. The molecule has 0 spiro atoms. The van der Waals surface area contributed by atoms with E-state index in [1.807, 2.05) is 17.5 Å². The van der Waals surface area contributed by atoms with E-state index in [9.17, 15) is 13.2 Å². The zero-order chi connectivity index (χ0) is 21.1. The van der Waals surface area contributed by atoms with Crippen LogP contribution in [0, 0.1) is 12.8 Å². The summed E-state index contributed by atoms with van der Waals surface area (Å²) in [5.74, 6) is 0.369. The average Bonchev–Trinajstić information content (AvgIpc) is 3.49. The van der Waals surface area contributed by atoms with Crippen LogP contribution in [0.4, 0.5) is 0 Å². The summed E-state index contributed by atoms with van der Waals surface area (Å²) in [5, 5.41) is 10.5. The molecular formula is C19H22N4O4S3. The summed E-state index contributed by atoms with van der Waals surface area (Å²) in [4.78, 5) is 17.9. The number of sulfonamides is 1. The van der Waals surface area contributed by atoms with E-state index in [2.05, 4.69) is 15.5 Å². The normalized spacial score (nSPS) is 17.8. The molecule has 30 heavy (non-hydrogen) atoms. The fourth-order valence-corrected chi connectivity index (χ4v) is 6.94. The van der Waals surface area contributed by atoms with Gasteiger partial charge in [0.25, 0.3) is 10.0 Å². The summed E-state index contributed by atoms with van der Waals surface area (Å²) in [6.07, 6.45) is 2.13. The van der Waals surface area contributed by atoms with Crippen LogP contribution in [-0.2, 0) is 21.2 Å². The van der Waals surface area contributed by atoms with E-state index in [1.165, 1.54) is 9.18 Å². The van der Waals surface area contributed by atoms with Gasteiger partial charge in [0, 0.05) is 42.4 Å². The number of nitrogens with one attached hydrogen (secondary N) is 1. The summed E-state index contributed by atoms with van der Waals surface area (Å²) in [6, 6.07) is 5.59. The Morgan fingerprint density at radius 2 is 2.27 bits per heavy atom. The van der Waals surface area contributed by atoms with Crippen molar-refractivity contribution >= 4 is 38.6 Å². The van der Waals surface area contributed by atoms with Crippen molar-refractivity contribution in [1.29, 1.82) is 0 Å². The molecule has 1 saturated heterocycles. The van der Waals surface area contributed by atoms with Gasteiger partial charge in [-0.1, -0.05) is 11.2 Å². The molecule has 11 heteroatoms. The molecule has 1 unspecified atom stereocenters. The molecule has 1 atom stereocenters. The third-order valence-electron chi connectivity index (χ3n) is 4.96. The van der Waals surface area contributed by atoms with Crippen molar-refractivity contribution in [3.63, 3.8) is 0 Å². The lowest BCUT2D eigenvalue weighted by molar-refractivity contribution is -0.126. The summed E-state index contributed by atoms with van der Waals surface area (Å²) in [5.41, 5.74) is 0.607. The van der Waals surface area contributed by atoms with Gasteiger partial charge < -0.3 is 9.84 Å². The van der Waals surface area contributed by atoms with E-state index in [0.717, 1.165) is 17.8 Å². The molecule has 0 aromatic carbocycles. The number of nitrogens with zero attached hydrogens (tertiary/aromatic N) is 3. The molecule has 1 aliphatic rings. The summed E-state index contributed by atoms with van der Waals surface area (Å²) >= 11 is 2.79. The Labute approximate surface area is 183 Å². The molecule has 1 N–H and O–H groups in total. The molecule has 4 heterocycles. The number of amides is 1. The fourth-order valence-electron chi connectivity index (χ4n) is 3.40. The lowest BCUT2D eigenvalue weighted by Crippen LogP contribution is -2.45. The van der Waals surface area contributed by atoms with Crippen molar-refractivity contribution in [3.8, 4) is 11.4 Å². The lowest BCUT2D eigenvalue weighted by Gasteiger charge is -2.30. The minimum atomic E-state index is -3.68. The number of hydrogen-bond acceptors (Lipinski definition) is 8. The van der Waals surface area contributed by atoms with E-state index in [0.29, 0.717) is 43.2 Å². The largest absolute Gasteiger partial charge is 0.355 e. The maximum Gasteiger partial charge on any atom is 0.252 e. The molecule has 1 amide bonds. The minimum Gasteiger partial charge on any atom is -0.355 e. The Bertz CT molecular complexity index is 1100. The molecule has 3 aromatic heterocycles.